The molecule has 0 fully saturated rings. The summed E-state index contributed by atoms with van der Waals surface area (Å²) < 4.78 is 0. The lowest BCUT2D eigenvalue weighted by Gasteiger charge is -2.22. The van der Waals surface area contributed by atoms with Crippen molar-refractivity contribution >= 4 is 28.8 Å². The molecule has 1 amide bonds. The van der Waals surface area contributed by atoms with Gasteiger partial charge in [0.2, 0.25) is 5.91 Å². The molecule has 0 aliphatic carbocycles. The quantitative estimate of drug-likeness (QED) is 0.758. The number of amides is 1. The van der Waals surface area contributed by atoms with Gasteiger partial charge in [0.25, 0.3) is 0 Å². The number of hydrogen-bond donors (Lipinski definition) is 2. The van der Waals surface area contributed by atoms with Crippen molar-refractivity contribution in [1.82, 2.24) is 4.90 Å². The van der Waals surface area contributed by atoms with Gasteiger partial charge in [-0.25, -0.2) is 0 Å². The maximum absolute atomic E-state index is 11.9. The molecule has 0 aliphatic heterocycles. The van der Waals surface area contributed by atoms with Crippen molar-refractivity contribution in [3.63, 3.8) is 0 Å². The lowest BCUT2D eigenvalue weighted by molar-refractivity contribution is -0.116. The minimum absolute atomic E-state index is 0.000225. The molecule has 0 heterocycles. The number of benzene rings is 1. The predicted octanol–water partition coefficient (Wildman–Crippen LogP) is 2.38. The number of anilines is 1. The fourth-order valence-corrected chi connectivity index (χ4v) is 1.91. The lowest BCUT2D eigenvalue weighted by Crippen LogP contribution is -2.31. The second kappa shape index (κ2) is 7.97. The molecule has 0 bridgehead atoms. The van der Waals surface area contributed by atoms with Crippen molar-refractivity contribution in [3.8, 4) is 0 Å². The van der Waals surface area contributed by atoms with Crippen LogP contribution in [-0.4, -0.2) is 35.4 Å². The number of hydrogen-bond acceptors (Lipinski definition) is 3. The van der Waals surface area contributed by atoms with Gasteiger partial charge in [-0.15, -0.1) is 0 Å². The van der Waals surface area contributed by atoms with E-state index in [1.54, 1.807) is 6.07 Å². The predicted molar refractivity (Wildman–Crippen MR) is 88.0 cm³/mol. The highest BCUT2D eigenvalue weighted by atomic mass is 32.1. The molecule has 5 heteroatoms. The van der Waals surface area contributed by atoms with Crippen LogP contribution in [0.25, 0.3) is 0 Å². The van der Waals surface area contributed by atoms with Gasteiger partial charge in [0.1, 0.15) is 4.99 Å². The number of carbonyl (C=O) groups excluding carboxylic acids is 1. The van der Waals surface area contributed by atoms with Crippen LogP contribution in [-0.2, 0) is 4.79 Å². The molecule has 0 saturated carbocycles. The van der Waals surface area contributed by atoms with Gasteiger partial charge in [0.05, 0.1) is 0 Å². The van der Waals surface area contributed by atoms with Crippen LogP contribution in [0, 0.1) is 0 Å². The third-order valence-corrected chi connectivity index (χ3v) is 3.70. The Morgan fingerprint density at radius 2 is 2.20 bits per heavy atom. The number of rotatable bonds is 7. The van der Waals surface area contributed by atoms with E-state index in [4.69, 9.17) is 18.0 Å². The highest BCUT2D eigenvalue weighted by Crippen LogP contribution is 2.11. The molecule has 1 aromatic carbocycles. The van der Waals surface area contributed by atoms with Gasteiger partial charge in [-0.05, 0) is 32.5 Å². The first-order valence-corrected chi connectivity index (χ1v) is 7.24. The van der Waals surface area contributed by atoms with Crippen LogP contribution in [0.1, 0.15) is 32.3 Å². The van der Waals surface area contributed by atoms with E-state index < -0.39 is 0 Å². The molecular weight excluding hydrogens is 270 g/mol. The summed E-state index contributed by atoms with van der Waals surface area (Å²) in [7, 11) is 2.04. The van der Waals surface area contributed by atoms with E-state index >= 15 is 0 Å². The molecule has 1 atom stereocenters. The van der Waals surface area contributed by atoms with Gasteiger partial charge in [-0.3, -0.25) is 4.79 Å². The average molecular weight is 293 g/mol. The molecule has 0 saturated heterocycles. The normalized spacial score (nSPS) is 12.2. The number of nitrogens with two attached hydrogens (primary N) is 1. The van der Waals surface area contributed by atoms with E-state index in [-0.39, 0.29) is 5.91 Å². The Hall–Kier alpha value is -1.46. The highest BCUT2D eigenvalue weighted by molar-refractivity contribution is 7.80. The molecule has 0 aromatic heterocycles. The Morgan fingerprint density at radius 1 is 1.50 bits per heavy atom. The van der Waals surface area contributed by atoms with Gasteiger partial charge in [-0.1, -0.05) is 31.3 Å². The Labute approximate surface area is 126 Å². The van der Waals surface area contributed by atoms with Crippen LogP contribution < -0.4 is 11.1 Å². The minimum Gasteiger partial charge on any atom is -0.389 e. The number of thiocarbonyl (C=S) groups is 1. The topological polar surface area (TPSA) is 58.4 Å². The van der Waals surface area contributed by atoms with Crippen LogP contribution in [0.15, 0.2) is 24.3 Å². The minimum atomic E-state index is 0.000225. The zero-order valence-electron chi connectivity index (χ0n) is 12.3. The van der Waals surface area contributed by atoms with Crippen molar-refractivity contribution in [2.75, 3.05) is 18.9 Å². The Kier molecular flexibility index (Phi) is 6.61. The summed E-state index contributed by atoms with van der Waals surface area (Å²) in [6.07, 6.45) is 1.55. The third kappa shape index (κ3) is 5.27. The van der Waals surface area contributed by atoms with Crippen LogP contribution in [0.3, 0.4) is 0 Å². The van der Waals surface area contributed by atoms with Crippen molar-refractivity contribution in [2.24, 2.45) is 5.73 Å². The SMILES string of the molecule is CCC(C)N(C)CCC(=O)Nc1cccc(C(N)=S)c1. The van der Waals surface area contributed by atoms with Crippen LogP contribution in [0.2, 0.25) is 0 Å². The van der Waals surface area contributed by atoms with Gasteiger partial charge >= 0.3 is 0 Å². The first-order chi connectivity index (χ1) is 9.43. The first-order valence-electron chi connectivity index (χ1n) is 6.84. The van der Waals surface area contributed by atoms with E-state index in [9.17, 15) is 4.79 Å². The largest absolute Gasteiger partial charge is 0.389 e. The molecule has 0 spiro atoms. The molecule has 1 aromatic rings. The number of nitrogens with zero attached hydrogens (tertiary/aromatic N) is 1. The Bertz CT molecular complexity index is 476. The van der Waals surface area contributed by atoms with Crippen molar-refractivity contribution in [3.05, 3.63) is 29.8 Å². The molecule has 1 unspecified atom stereocenters. The first kappa shape index (κ1) is 16.6. The lowest BCUT2D eigenvalue weighted by atomic mass is 10.2. The molecule has 0 aliphatic rings. The van der Waals surface area contributed by atoms with E-state index in [1.807, 2.05) is 25.2 Å². The van der Waals surface area contributed by atoms with Crippen LogP contribution in [0.5, 0.6) is 0 Å². The zero-order chi connectivity index (χ0) is 15.1. The van der Waals surface area contributed by atoms with Crippen molar-refractivity contribution in [1.29, 1.82) is 0 Å². The van der Waals surface area contributed by atoms with Crippen LogP contribution >= 0.6 is 12.2 Å². The molecule has 0 radical (unpaired) electrons. The summed E-state index contributed by atoms with van der Waals surface area (Å²) in [6, 6.07) is 7.77. The van der Waals surface area contributed by atoms with Crippen molar-refractivity contribution < 1.29 is 4.79 Å². The molecule has 20 heavy (non-hydrogen) atoms. The molecule has 110 valence electrons. The average Bonchev–Trinajstić information content (AvgIpc) is 2.44. The van der Waals surface area contributed by atoms with Gasteiger partial charge < -0.3 is 16.0 Å². The smallest absolute Gasteiger partial charge is 0.225 e. The maximum Gasteiger partial charge on any atom is 0.225 e. The molecule has 3 N–H and O–H groups in total. The molecule has 4 nitrogen and oxygen atoms in total. The monoisotopic (exact) mass is 293 g/mol. The molecular formula is C15H23N3OS. The summed E-state index contributed by atoms with van der Waals surface area (Å²) >= 11 is 4.92. The zero-order valence-corrected chi connectivity index (χ0v) is 13.2. The summed E-state index contributed by atoms with van der Waals surface area (Å²) in [5.41, 5.74) is 7.06. The summed E-state index contributed by atoms with van der Waals surface area (Å²) in [5, 5.41) is 2.87. The van der Waals surface area contributed by atoms with Gasteiger partial charge in [-0.2, -0.15) is 0 Å². The summed E-state index contributed by atoms with van der Waals surface area (Å²) in [5.74, 6) is 0.000225. The Morgan fingerprint density at radius 3 is 2.80 bits per heavy atom. The summed E-state index contributed by atoms with van der Waals surface area (Å²) in [4.78, 5) is 14.4. The van der Waals surface area contributed by atoms with E-state index in [0.29, 0.717) is 17.5 Å². The highest BCUT2D eigenvalue weighted by Gasteiger charge is 2.09. The second-order valence-electron chi connectivity index (χ2n) is 4.98. The Balaban J connectivity index is 2.50. The fraction of sp³-hybridized carbons (Fsp3) is 0.467. The van der Waals surface area contributed by atoms with Gasteiger partial charge in [0, 0.05) is 30.3 Å². The van der Waals surface area contributed by atoms with E-state index in [0.717, 1.165) is 24.2 Å². The van der Waals surface area contributed by atoms with E-state index in [2.05, 4.69) is 24.1 Å². The number of carbonyl (C=O) groups is 1. The van der Waals surface area contributed by atoms with Crippen LogP contribution in [0.4, 0.5) is 5.69 Å². The fourth-order valence-electron chi connectivity index (χ4n) is 1.78. The maximum atomic E-state index is 11.9. The second-order valence-corrected chi connectivity index (χ2v) is 5.42. The van der Waals surface area contributed by atoms with Crippen molar-refractivity contribution in [2.45, 2.75) is 32.7 Å². The molecule has 1 rings (SSSR count). The third-order valence-electron chi connectivity index (χ3n) is 3.47. The number of nitrogens with one attached hydrogen (secondary N) is 1. The standard InChI is InChI=1S/C15H23N3OS/c1-4-11(2)18(3)9-8-14(19)17-13-7-5-6-12(10-13)15(16)20/h5-7,10-11H,4,8-9H2,1-3H3,(H2,16,20)(H,17,19). The summed E-state index contributed by atoms with van der Waals surface area (Å²) in [6.45, 7) is 5.04. The van der Waals surface area contributed by atoms with Gasteiger partial charge in [0.15, 0.2) is 0 Å². The van der Waals surface area contributed by atoms with E-state index in [1.165, 1.54) is 0 Å².